The summed E-state index contributed by atoms with van der Waals surface area (Å²) in [5.74, 6) is -1.86. The van der Waals surface area contributed by atoms with Gasteiger partial charge in [-0.1, -0.05) is 53.9 Å². The maximum absolute atomic E-state index is 12.3. The largest absolute Gasteiger partial charge is 0.325 e. The highest BCUT2D eigenvalue weighted by atomic mass is 32.2. The minimum Gasteiger partial charge on any atom is -0.325 e. The van der Waals surface area contributed by atoms with E-state index < -0.39 is 5.76 Å². The van der Waals surface area contributed by atoms with Gasteiger partial charge in [-0.2, -0.15) is 8.78 Å². The van der Waals surface area contributed by atoms with Crippen molar-refractivity contribution >= 4 is 35.1 Å². The van der Waals surface area contributed by atoms with Crippen molar-refractivity contribution in [2.45, 2.75) is 22.6 Å². The first-order valence-electron chi connectivity index (χ1n) is 8.38. The van der Waals surface area contributed by atoms with Gasteiger partial charge in [0.05, 0.1) is 5.75 Å². The zero-order valence-corrected chi connectivity index (χ0v) is 16.6. The van der Waals surface area contributed by atoms with Crippen LogP contribution in [0, 0.1) is 6.92 Å². The minimum absolute atomic E-state index is 0.179. The van der Waals surface area contributed by atoms with Gasteiger partial charge in [-0.05, 0) is 37.3 Å². The smallest absolute Gasteiger partial charge is 0.288 e. The molecule has 0 atom stereocenters. The maximum atomic E-state index is 12.3. The van der Waals surface area contributed by atoms with Gasteiger partial charge < -0.3 is 5.32 Å². The summed E-state index contributed by atoms with van der Waals surface area (Å²) >= 11 is 1.79. The highest BCUT2D eigenvalue weighted by molar-refractivity contribution is 8.00. The van der Waals surface area contributed by atoms with Crippen molar-refractivity contribution in [2.75, 3.05) is 11.1 Å². The van der Waals surface area contributed by atoms with Crippen LogP contribution in [-0.2, 0) is 4.79 Å². The third kappa shape index (κ3) is 6.03. The number of alkyl halides is 2. The zero-order chi connectivity index (χ0) is 19.9. The van der Waals surface area contributed by atoms with Crippen LogP contribution in [0.3, 0.4) is 0 Å². The van der Waals surface area contributed by atoms with Crippen LogP contribution in [0.15, 0.2) is 70.6 Å². The van der Waals surface area contributed by atoms with Crippen molar-refractivity contribution in [1.82, 2.24) is 9.97 Å². The standard InChI is InChI=1S/C20H17F2N3OS2/c1-13-11-18(25-19(23-13)14-5-3-2-4-6-14)27-12-17(26)24-15-7-9-16(10-8-15)28-20(21)22/h2-11,20H,12H2,1H3,(H,24,26). The summed E-state index contributed by atoms with van der Waals surface area (Å²) in [5, 5.41) is 3.47. The molecule has 0 aliphatic carbocycles. The predicted octanol–water partition coefficient (Wildman–Crippen LogP) is 5.50. The van der Waals surface area contributed by atoms with E-state index in [1.54, 1.807) is 24.3 Å². The van der Waals surface area contributed by atoms with E-state index in [0.717, 1.165) is 11.3 Å². The molecule has 1 amide bonds. The molecule has 2 aromatic carbocycles. The summed E-state index contributed by atoms with van der Waals surface area (Å²) in [6.07, 6.45) is 0. The van der Waals surface area contributed by atoms with Crippen LogP contribution in [0.5, 0.6) is 0 Å². The average molecular weight is 418 g/mol. The Kier molecular flexibility index (Phi) is 7.00. The minimum atomic E-state index is -2.46. The molecule has 1 heterocycles. The lowest BCUT2D eigenvalue weighted by atomic mass is 10.2. The zero-order valence-electron chi connectivity index (χ0n) is 14.9. The number of rotatable bonds is 7. The first-order valence-corrected chi connectivity index (χ1v) is 10.2. The fraction of sp³-hybridized carbons (Fsp3) is 0.150. The summed E-state index contributed by atoms with van der Waals surface area (Å²) < 4.78 is 24.7. The van der Waals surface area contributed by atoms with Crippen LogP contribution in [0.2, 0.25) is 0 Å². The number of aryl methyl sites for hydroxylation is 1. The molecule has 3 aromatic rings. The van der Waals surface area contributed by atoms with Gasteiger partial charge >= 0.3 is 0 Å². The number of nitrogens with one attached hydrogen (secondary N) is 1. The number of benzene rings is 2. The second kappa shape index (κ2) is 9.66. The average Bonchev–Trinajstić information content (AvgIpc) is 2.68. The Morgan fingerprint density at radius 1 is 1.07 bits per heavy atom. The second-order valence-electron chi connectivity index (χ2n) is 5.78. The fourth-order valence-corrected chi connectivity index (χ4v) is 3.64. The molecule has 8 heteroatoms. The van der Waals surface area contributed by atoms with Gasteiger partial charge in [0.2, 0.25) is 5.91 Å². The molecule has 0 unspecified atom stereocenters. The number of halogens is 2. The van der Waals surface area contributed by atoms with Crippen molar-refractivity contribution < 1.29 is 13.6 Å². The number of nitrogens with zero attached hydrogens (tertiary/aromatic N) is 2. The fourth-order valence-electron chi connectivity index (χ4n) is 2.39. The van der Waals surface area contributed by atoms with Gasteiger partial charge in [0, 0.05) is 21.8 Å². The summed E-state index contributed by atoms with van der Waals surface area (Å²) in [6, 6.07) is 17.8. The van der Waals surface area contributed by atoms with Gasteiger partial charge in [0.15, 0.2) is 5.82 Å². The van der Waals surface area contributed by atoms with E-state index in [2.05, 4.69) is 15.3 Å². The Morgan fingerprint density at radius 2 is 1.79 bits per heavy atom. The normalized spacial score (nSPS) is 10.9. The van der Waals surface area contributed by atoms with Gasteiger partial charge in [0.25, 0.3) is 5.76 Å². The summed E-state index contributed by atoms with van der Waals surface area (Å²) in [7, 11) is 0. The highest BCUT2D eigenvalue weighted by Gasteiger charge is 2.09. The molecule has 0 saturated heterocycles. The number of anilines is 1. The van der Waals surface area contributed by atoms with Gasteiger partial charge in [0.1, 0.15) is 5.03 Å². The molecule has 28 heavy (non-hydrogen) atoms. The number of carbonyl (C=O) groups is 1. The van der Waals surface area contributed by atoms with Crippen LogP contribution < -0.4 is 5.32 Å². The number of aromatic nitrogens is 2. The van der Waals surface area contributed by atoms with Gasteiger partial charge in [-0.25, -0.2) is 9.97 Å². The number of thioether (sulfide) groups is 2. The third-order valence-corrected chi connectivity index (χ3v) is 5.21. The SMILES string of the molecule is Cc1cc(SCC(=O)Nc2ccc(SC(F)F)cc2)nc(-c2ccccc2)n1. The molecule has 0 aliphatic rings. The second-order valence-corrected chi connectivity index (χ2v) is 7.84. The Balaban J connectivity index is 1.59. The predicted molar refractivity (Wildman–Crippen MR) is 110 cm³/mol. The topological polar surface area (TPSA) is 54.9 Å². The molecule has 4 nitrogen and oxygen atoms in total. The lowest BCUT2D eigenvalue weighted by Gasteiger charge is -2.08. The van der Waals surface area contributed by atoms with Gasteiger partial charge in [-0.15, -0.1) is 0 Å². The van der Waals surface area contributed by atoms with E-state index in [-0.39, 0.29) is 11.7 Å². The monoisotopic (exact) mass is 417 g/mol. The van der Waals surface area contributed by atoms with Crippen LogP contribution in [0.1, 0.15) is 5.69 Å². The maximum Gasteiger partial charge on any atom is 0.288 e. The van der Waals surface area contributed by atoms with Crippen LogP contribution in [-0.4, -0.2) is 27.4 Å². The van der Waals surface area contributed by atoms with E-state index in [4.69, 9.17) is 0 Å². The molecule has 1 aromatic heterocycles. The van der Waals surface area contributed by atoms with Gasteiger partial charge in [-0.3, -0.25) is 4.79 Å². The van der Waals surface area contributed by atoms with E-state index >= 15 is 0 Å². The summed E-state index contributed by atoms with van der Waals surface area (Å²) in [5.41, 5.74) is 2.30. The molecule has 0 bridgehead atoms. The molecule has 0 radical (unpaired) electrons. The molecule has 3 rings (SSSR count). The van der Waals surface area contributed by atoms with Crippen LogP contribution in [0.25, 0.3) is 11.4 Å². The molecule has 0 aliphatic heterocycles. The lowest BCUT2D eigenvalue weighted by Crippen LogP contribution is -2.14. The third-order valence-electron chi connectivity index (χ3n) is 3.58. The molecular weight excluding hydrogens is 400 g/mol. The van der Waals surface area contributed by atoms with Crippen molar-refractivity contribution in [3.05, 3.63) is 66.4 Å². The van der Waals surface area contributed by atoms with Crippen LogP contribution >= 0.6 is 23.5 Å². The van der Waals surface area contributed by atoms with Crippen molar-refractivity contribution in [3.63, 3.8) is 0 Å². The Morgan fingerprint density at radius 3 is 2.46 bits per heavy atom. The highest BCUT2D eigenvalue weighted by Crippen LogP contribution is 2.26. The molecule has 0 fully saturated rings. The first kappa shape index (κ1) is 20.3. The quantitative estimate of drug-likeness (QED) is 0.406. The summed E-state index contributed by atoms with van der Waals surface area (Å²) in [4.78, 5) is 21.6. The molecular formula is C20H17F2N3OS2. The first-order chi connectivity index (χ1) is 13.5. The molecule has 1 N–H and O–H groups in total. The van der Waals surface area contributed by atoms with Crippen molar-refractivity contribution in [1.29, 1.82) is 0 Å². The van der Waals surface area contributed by atoms with E-state index in [1.807, 2.05) is 43.3 Å². The number of amides is 1. The number of hydrogen-bond donors (Lipinski definition) is 1. The Bertz CT molecular complexity index is 938. The Hall–Kier alpha value is -2.45. The lowest BCUT2D eigenvalue weighted by molar-refractivity contribution is -0.113. The van der Waals surface area contributed by atoms with E-state index in [0.29, 0.717) is 33.2 Å². The van der Waals surface area contributed by atoms with E-state index in [1.165, 1.54) is 11.8 Å². The Labute approximate surface area is 170 Å². The van der Waals surface area contributed by atoms with Crippen molar-refractivity contribution in [2.24, 2.45) is 0 Å². The van der Waals surface area contributed by atoms with Crippen LogP contribution in [0.4, 0.5) is 14.5 Å². The van der Waals surface area contributed by atoms with E-state index in [9.17, 15) is 13.6 Å². The molecule has 0 saturated carbocycles. The molecule has 144 valence electrons. The number of hydrogen-bond acceptors (Lipinski definition) is 5. The molecule has 0 spiro atoms. The number of carbonyl (C=O) groups excluding carboxylic acids is 1. The van der Waals surface area contributed by atoms with Crippen molar-refractivity contribution in [3.8, 4) is 11.4 Å². The summed E-state index contributed by atoms with van der Waals surface area (Å²) in [6.45, 7) is 1.89.